The van der Waals surface area contributed by atoms with Gasteiger partial charge in [0, 0.05) is 11.6 Å². The molecule has 6 nitrogen and oxygen atoms in total. The zero-order valence-corrected chi connectivity index (χ0v) is 19.3. The van der Waals surface area contributed by atoms with Gasteiger partial charge < -0.3 is 10.1 Å². The summed E-state index contributed by atoms with van der Waals surface area (Å²) in [5.41, 5.74) is 1.54. The molecular formula is C23H29FN2O4S. The van der Waals surface area contributed by atoms with Gasteiger partial charge in [0.05, 0.1) is 18.0 Å². The van der Waals surface area contributed by atoms with Crippen molar-refractivity contribution in [3.05, 3.63) is 59.4 Å². The second kappa shape index (κ2) is 8.49. The standard InChI is InChI=1S/C23H29FN2O4S/c1-15-12-17-13-16(10-11-19(17)26(15)31(5,28)29)22(27)25-21(23(2,3)4)14-30-20-9-7-6-8-18(20)24/h6-11,13,15,21H,12,14H2,1-5H3,(H,25,27). The number of nitrogens with zero attached hydrogens (tertiary/aromatic N) is 1. The van der Waals surface area contributed by atoms with E-state index in [1.807, 2.05) is 27.7 Å². The van der Waals surface area contributed by atoms with Crippen LogP contribution in [0, 0.1) is 11.2 Å². The second-order valence-electron chi connectivity index (χ2n) is 9.09. The first-order chi connectivity index (χ1) is 14.4. The molecule has 0 radical (unpaired) electrons. The van der Waals surface area contributed by atoms with Crippen molar-refractivity contribution < 1.29 is 22.3 Å². The van der Waals surface area contributed by atoms with E-state index in [9.17, 15) is 17.6 Å². The molecule has 2 atom stereocenters. The third kappa shape index (κ3) is 5.18. The molecule has 2 aromatic carbocycles. The molecule has 1 amide bonds. The molecule has 0 spiro atoms. The minimum atomic E-state index is -3.39. The highest BCUT2D eigenvalue weighted by atomic mass is 32.2. The number of hydrogen-bond donors (Lipinski definition) is 1. The Morgan fingerprint density at radius 3 is 2.55 bits per heavy atom. The molecule has 8 heteroatoms. The maximum Gasteiger partial charge on any atom is 0.251 e. The highest BCUT2D eigenvalue weighted by Gasteiger charge is 2.33. The maximum absolute atomic E-state index is 13.9. The van der Waals surface area contributed by atoms with Crippen LogP contribution in [-0.2, 0) is 16.4 Å². The molecule has 168 valence electrons. The fourth-order valence-corrected chi connectivity index (χ4v) is 5.00. The lowest BCUT2D eigenvalue weighted by Crippen LogP contribution is -2.47. The van der Waals surface area contributed by atoms with Gasteiger partial charge in [-0.05, 0) is 54.7 Å². The van der Waals surface area contributed by atoms with Crippen molar-refractivity contribution in [2.45, 2.75) is 46.2 Å². The van der Waals surface area contributed by atoms with Gasteiger partial charge in [0.2, 0.25) is 10.0 Å². The van der Waals surface area contributed by atoms with E-state index in [2.05, 4.69) is 5.32 Å². The SMILES string of the molecule is CC1Cc2cc(C(=O)NC(COc3ccccc3F)C(C)(C)C)ccc2N1S(C)(=O)=O. The molecule has 0 bridgehead atoms. The molecule has 1 N–H and O–H groups in total. The van der Waals surface area contributed by atoms with E-state index < -0.39 is 15.8 Å². The molecule has 31 heavy (non-hydrogen) atoms. The van der Waals surface area contributed by atoms with Gasteiger partial charge in [0.15, 0.2) is 11.6 Å². The van der Waals surface area contributed by atoms with E-state index >= 15 is 0 Å². The van der Waals surface area contributed by atoms with E-state index in [0.29, 0.717) is 17.7 Å². The van der Waals surface area contributed by atoms with Crippen LogP contribution in [0.3, 0.4) is 0 Å². The highest BCUT2D eigenvalue weighted by molar-refractivity contribution is 7.92. The number of halogens is 1. The molecule has 1 aliphatic heterocycles. The molecule has 2 unspecified atom stereocenters. The van der Waals surface area contributed by atoms with Crippen LogP contribution in [0.25, 0.3) is 0 Å². The Labute approximate surface area is 183 Å². The Hall–Kier alpha value is -2.61. The fourth-order valence-electron chi connectivity index (χ4n) is 3.73. The van der Waals surface area contributed by atoms with Crippen LogP contribution >= 0.6 is 0 Å². The number of para-hydroxylation sites is 1. The van der Waals surface area contributed by atoms with Gasteiger partial charge in [-0.2, -0.15) is 0 Å². The summed E-state index contributed by atoms with van der Waals surface area (Å²) >= 11 is 0. The normalized spacial score (nSPS) is 17.2. The fraction of sp³-hybridized carbons (Fsp3) is 0.435. The Kier molecular flexibility index (Phi) is 6.32. The minimum absolute atomic E-state index is 0.111. The molecule has 3 rings (SSSR count). The quantitative estimate of drug-likeness (QED) is 0.730. The molecule has 2 aromatic rings. The third-order valence-corrected chi connectivity index (χ3v) is 6.72. The van der Waals surface area contributed by atoms with Crippen LogP contribution < -0.4 is 14.4 Å². The number of nitrogens with one attached hydrogen (secondary N) is 1. The summed E-state index contributed by atoms with van der Waals surface area (Å²) in [5.74, 6) is -0.603. The summed E-state index contributed by atoms with van der Waals surface area (Å²) in [4.78, 5) is 13.0. The van der Waals surface area contributed by atoms with Crippen LogP contribution in [0.2, 0.25) is 0 Å². The summed E-state index contributed by atoms with van der Waals surface area (Å²) < 4.78 is 45.1. The number of amides is 1. The van der Waals surface area contributed by atoms with Crippen LogP contribution in [0.1, 0.15) is 43.6 Å². The van der Waals surface area contributed by atoms with Crippen molar-refractivity contribution in [3.8, 4) is 5.75 Å². The largest absolute Gasteiger partial charge is 0.488 e. The van der Waals surface area contributed by atoms with Crippen molar-refractivity contribution in [1.82, 2.24) is 5.32 Å². The average molecular weight is 449 g/mol. The Morgan fingerprint density at radius 2 is 1.94 bits per heavy atom. The van der Waals surface area contributed by atoms with Gasteiger partial charge in [-0.1, -0.05) is 32.9 Å². The number of carbonyl (C=O) groups is 1. The summed E-state index contributed by atoms with van der Waals surface area (Å²) in [6, 6.07) is 10.6. The van der Waals surface area contributed by atoms with E-state index in [1.54, 1.807) is 36.4 Å². The maximum atomic E-state index is 13.9. The van der Waals surface area contributed by atoms with Crippen molar-refractivity contribution in [1.29, 1.82) is 0 Å². The van der Waals surface area contributed by atoms with Crippen LogP contribution in [0.5, 0.6) is 5.75 Å². The first-order valence-electron chi connectivity index (χ1n) is 10.2. The average Bonchev–Trinajstić information content (AvgIpc) is 3.00. The van der Waals surface area contributed by atoms with Gasteiger partial charge >= 0.3 is 0 Å². The van der Waals surface area contributed by atoms with Gasteiger partial charge in [0.25, 0.3) is 5.91 Å². The Balaban J connectivity index is 1.77. The predicted molar refractivity (Wildman–Crippen MR) is 120 cm³/mol. The summed E-state index contributed by atoms with van der Waals surface area (Å²) in [6.45, 7) is 7.86. The number of ether oxygens (including phenoxy) is 1. The predicted octanol–water partition coefficient (Wildman–Crippen LogP) is 3.76. The number of rotatable bonds is 6. The lowest BCUT2D eigenvalue weighted by Gasteiger charge is -2.31. The molecule has 0 saturated carbocycles. The molecule has 1 heterocycles. The zero-order chi connectivity index (χ0) is 23.0. The summed E-state index contributed by atoms with van der Waals surface area (Å²) in [7, 11) is -3.39. The number of fused-ring (bicyclic) bond motifs is 1. The van der Waals surface area contributed by atoms with Crippen LogP contribution in [0.15, 0.2) is 42.5 Å². The monoisotopic (exact) mass is 448 g/mol. The number of hydrogen-bond acceptors (Lipinski definition) is 4. The molecule has 0 aromatic heterocycles. The van der Waals surface area contributed by atoms with E-state index in [0.717, 1.165) is 5.56 Å². The molecule has 0 saturated heterocycles. The number of sulfonamides is 1. The molecule has 0 aliphatic carbocycles. The minimum Gasteiger partial charge on any atom is -0.488 e. The Bertz CT molecular complexity index is 1080. The van der Waals surface area contributed by atoms with Crippen molar-refractivity contribution in [3.63, 3.8) is 0 Å². The highest BCUT2D eigenvalue weighted by Crippen LogP contribution is 2.34. The molecule has 0 fully saturated rings. The van der Waals surface area contributed by atoms with E-state index in [-0.39, 0.29) is 35.8 Å². The van der Waals surface area contributed by atoms with Gasteiger partial charge in [-0.3, -0.25) is 9.10 Å². The number of anilines is 1. The number of benzene rings is 2. The van der Waals surface area contributed by atoms with Gasteiger partial charge in [0.1, 0.15) is 6.61 Å². The van der Waals surface area contributed by atoms with Gasteiger partial charge in [-0.15, -0.1) is 0 Å². The second-order valence-corrected chi connectivity index (χ2v) is 10.9. The molecule has 1 aliphatic rings. The lowest BCUT2D eigenvalue weighted by atomic mass is 9.87. The van der Waals surface area contributed by atoms with Crippen LogP contribution in [-0.4, -0.2) is 39.3 Å². The summed E-state index contributed by atoms with van der Waals surface area (Å²) in [5, 5.41) is 2.99. The number of carbonyl (C=O) groups excluding carboxylic acids is 1. The van der Waals surface area contributed by atoms with Crippen molar-refractivity contribution in [2.75, 3.05) is 17.2 Å². The third-order valence-electron chi connectivity index (χ3n) is 5.44. The van der Waals surface area contributed by atoms with E-state index in [4.69, 9.17) is 4.74 Å². The first-order valence-corrected chi connectivity index (χ1v) is 12.0. The first kappa shape index (κ1) is 23.1. The van der Waals surface area contributed by atoms with Crippen LogP contribution in [0.4, 0.5) is 10.1 Å². The topological polar surface area (TPSA) is 75.7 Å². The summed E-state index contributed by atoms with van der Waals surface area (Å²) in [6.07, 6.45) is 1.73. The smallest absolute Gasteiger partial charge is 0.251 e. The lowest BCUT2D eigenvalue weighted by molar-refractivity contribution is 0.0860. The Morgan fingerprint density at radius 1 is 1.26 bits per heavy atom. The molecular weight excluding hydrogens is 419 g/mol. The van der Waals surface area contributed by atoms with Crippen molar-refractivity contribution in [2.24, 2.45) is 5.41 Å². The van der Waals surface area contributed by atoms with E-state index in [1.165, 1.54) is 16.6 Å². The van der Waals surface area contributed by atoms with Gasteiger partial charge in [-0.25, -0.2) is 12.8 Å². The van der Waals surface area contributed by atoms with Crippen molar-refractivity contribution >= 4 is 21.6 Å². The zero-order valence-electron chi connectivity index (χ0n) is 18.5.